The Hall–Kier alpha value is -2.05. The van der Waals surface area contributed by atoms with Gasteiger partial charge in [0.15, 0.2) is 5.60 Å². The Labute approximate surface area is 129 Å². The molecule has 7 heteroatoms. The number of nitrogens with two attached hydrogens (primary N) is 1. The molecule has 2 rings (SSSR count). The predicted molar refractivity (Wildman–Crippen MR) is 75.1 cm³/mol. The van der Waals surface area contributed by atoms with E-state index in [4.69, 9.17) is 17.3 Å². The summed E-state index contributed by atoms with van der Waals surface area (Å²) >= 11 is 5.78. The zero-order valence-corrected chi connectivity index (χ0v) is 11.8. The van der Waals surface area contributed by atoms with Gasteiger partial charge in [-0.25, -0.2) is 0 Å². The maximum Gasteiger partial charge on any atom is 0.417 e. The first-order valence-corrected chi connectivity index (χ1v) is 6.51. The molecule has 0 radical (unpaired) electrons. The zero-order valence-electron chi connectivity index (χ0n) is 11.1. The molecule has 1 atom stereocenters. The van der Waals surface area contributed by atoms with E-state index in [0.29, 0.717) is 0 Å². The molecule has 0 spiro atoms. The Bertz CT molecular complexity index is 704. The van der Waals surface area contributed by atoms with Crippen LogP contribution in [-0.2, 0) is 16.6 Å². The van der Waals surface area contributed by atoms with Crippen molar-refractivity contribution in [3.63, 3.8) is 0 Å². The topological polar surface area (TPSA) is 63.3 Å². The highest BCUT2D eigenvalue weighted by atomic mass is 35.5. The SMILES string of the molecule is NC(=O)C(O)(c1ccccc1)c1cccc(C(F)(F)F)c1Cl. The minimum Gasteiger partial charge on any atom is -0.372 e. The standard InChI is InChI=1S/C15H11ClF3NO2/c16-12-10(7-4-8-11(12)15(17,18)19)14(22,13(20)21)9-5-2-1-3-6-9/h1-8,22H,(H2,20,21). The number of benzene rings is 2. The molecule has 0 aliphatic carbocycles. The smallest absolute Gasteiger partial charge is 0.372 e. The monoisotopic (exact) mass is 329 g/mol. The quantitative estimate of drug-likeness (QED) is 0.909. The Morgan fingerprint density at radius 1 is 1.00 bits per heavy atom. The van der Waals surface area contributed by atoms with Crippen molar-refractivity contribution in [3.8, 4) is 0 Å². The summed E-state index contributed by atoms with van der Waals surface area (Å²) in [5.41, 5.74) is 1.24. The van der Waals surface area contributed by atoms with Gasteiger partial charge in [0.25, 0.3) is 5.91 Å². The second-order valence-corrected chi connectivity index (χ2v) is 4.98. The third kappa shape index (κ3) is 2.67. The van der Waals surface area contributed by atoms with Crippen LogP contribution < -0.4 is 5.73 Å². The van der Waals surface area contributed by atoms with E-state index in [2.05, 4.69) is 0 Å². The molecule has 3 nitrogen and oxygen atoms in total. The van der Waals surface area contributed by atoms with Crippen LogP contribution in [0.4, 0.5) is 13.2 Å². The van der Waals surface area contributed by atoms with Crippen molar-refractivity contribution in [2.75, 3.05) is 0 Å². The number of primary amides is 1. The van der Waals surface area contributed by atoms with Gasteiger partial charge in [-0.1, -0.05) is 54.1 Å². The molecule has 1 amide bonds. The van der Waals surface area contributed by atoms with Crippen LogP contribution in [0.1, 0.15) is 16.7 Å². The first kappa shape index (κ1) is 16.3. The summed E-state index contributed by atoms with van der Waals surface area (Å²) in [4.78, 5) is 11.8. The third-order valence-corrected chi connectivity index (χ3v) is 3.65. The molecule has 0 saturated heterocycles. The number of carbonyl (C=O) groups excluding carboxylic acids is 1. The van der Waals surface area contributed by atoms with Crippen molar-refractivity contribution < 1.29 is 23.1 Å². The van der Waals surface area contributed by atoms with Crippen LogP contribution in [0.3, 0.4) is 0 Å². The van der Waals surface area contributed by atoms with E-state index in [1.807, 2.05) is 0 Å². The molecule has 2 aromatic carbocycles. The van der Waals surface area contributed by atoms with Gasteiger partial charge in [-0.05, 0) is 11.6 Å². The highest BCUT2D eigenvalue weighted by Gasteiger charge is 2.43. The van der Waals surface area contributed by atoms with Gasteiger partial charge in [-0.15, -0.1) is 0 Å². The van der Waals surface area contributed by atoms with Crippen LogP contribution in [0.2, 0.25) is 5.02 Å². The van der Waals surface area contributed by atoms with E-state index in [1.165, 1.54) is 24.3 Å². The van der Waals surface area contributed by atoms with Crippen molar-refractivity contribution in [2.45, 2.75) is 11.8 Å². The summed E-state index contributed by atoms with van der Waals surface area (Å²) in [6.07, 6.45) is -4.72. The molecule has 0 aromatic heterocycles. The lowest BCUT2D eigenvalue weighted by Gasteiger charge is -2.27. The van der Waals surface area contributed by atoms with Gasteiger partial charge in [0.1, 0.15) is 0 Å². The van der Waals surface area contributed by atoms with Gasteiger partial charge in [0.2, 0.25) is 0 Å². The lowest BCUT2D eigenvalue weighted by molar-refractivity contribution is -0.138. The molecule has 2 aromatic rings. The number of hydrogen-bond acceptors (Lipinski definition) is 2. The van der Waals surface area contributed by atoms with E-state index in [1.54, 1.807) is 6.07 Å². The highest BCUT2D eigenvalue weighted by molar-refractivity contribution is 6.32. The molecular weight excluding hydrogens is 319 g/mol. The van der Waals surface area contributed by atoms with Crippen LogP contribution in [0.5, 0.6) is 0 Å². The van der Waals surface area contributed by atoms with Gasteiger partial charge < -0.3 is 10.8 Å². The fraction of sp³-hybridized carbons (Fsp3) is 0.133. The second kappa shape index (κ2) is 5.62. The normalized spacial score (nSPS) is 14.4. The average molecular weight is 330 g/mol. The fourth-order valence-electron chi connectivity index (χ4n) is 2.14. The predicted octanol–water partition coefficient (Wildman–Crippen LogP) is 3.08. The molecule has 22 heavy (non-hydrogen) atoms. The molecule has 3 N–H and O–H groups in total. The Morgan fingerprint density at radius 2 is 1.55 bits per heavy atom. The number of amides is 1. The largest absolute Gasteiger partial charge is 0.417 e. The highest BCUT2D eigenvalue weighted by Crippen LogP contribution is 2.41. The van der Waals surface area contributed by atoms with Crippen molar-refractivity contribution in [1.82, 2.24) is 0 Å². The van der Waals surface area contributed by atoms with E-state index < -0.39 is 33.8 Å². The van der Waals surface area contributed by atoms with Crippen LogP contribution in [0.25, 0.3) is 0 Å². The average Bonchev–Trinajstić information content (AvgIpc) is 2.46. The second-order valence-electron chi connectivity index (χ2n) is 4.61. The lowest BCUT2D eigenvalue weighted by Crippen LogP contribution is -2.42. The molecular formula is C15H11ClF3NO2. The lowest BCUT2D eigenvalue weighted by atomic mass is 9.85. The van der Waals surface area contributed by atoms with Crippen molar-refractivity contribution in [2.24, 2.45) is 5.73 Å². The summed E-state index contributed by atoms with van der Waals surface area (Å²) in [5, 5.41) is 9.91. The molecule has 116 valence electrons. The molecule has 0 fully saturated rings. The number of rotatable bonds is 3. The first-order valence-electron chi connectivity index (χ1n) is 6.13. The molecule has 0 bridgehead atoms. The zero-order chi connectivity index (χ0) is 16.5. The van der Waals surface area contributed by atoms with Crippen molar-refractivity contribution >= 4 is 17.5 Å². The summed E-state index contributed by atoms with van der Waals surface area (Å²) in [6.45, 7) is 0. The summed E-state index contributed by atoms with van der Waals surface area (Å²) < 4.78 is 38.8. The Kier molecular flexibility index (Phi) is 4.17. The number of hydrogen-bond donors (Lipinski definition) is 2. The van der Waals surface area contributed by atoms with E-state index in [-0.39, 0.29) is 5.56 Å². The van der Waals surface area contributed by atoms with Crippen molar-refractivity contribution in [1.29, 1.82) is 0 Å². The van der Waals surface area contributed by atoms with E-state index in [0.717, 1.165) is 18.2 Å². The minimum atomic E-state index is -4.72. The minimum absolute atomic E-state index is 0.0312. The van der Waals surface area contributed by atoms with E-state index in [9.17, 15) is 23.1 Å². The fourth-order valence-corrected chi connectivity index (χ4v) is 2.51. The van der Waals surface area contributed by atoms with Crippen LogP contribution in [-0.4, -0.2) is 11.0 Å². The molecule has 0 aliphatic heterocycles. The van der Waals surface area contributed by atoms with Gasteiger partial charge >= 0.3 is 6.18 Å². The van der Waals surface area contributed by atoms with Crippen LogP contribution >= 0.6 is 11.6 Å². The third-order valence-electron chi connectivity index (χ3n) is 3.24. The summed E-state index contributed by atoms with van der Waals surface area (Å²) in [6, 6.07) is 10.4. The van der Waals surface area contributed by atoms with Gasteiger partial charge in [0.05, 0.1) is 10.6 Å². The van der Waals surface area contributed by atoms with Crippen LogP contribution in [0.15, 0.2) is 48.5 Å². The van der Waals surface area contributed by atoms with Gasteiger partial charge in [-0.3, -0.25) is 4.79 Å². The maximum absolute atomic E-state index is 12.9. The Balaban J connectivity index is 2.74. The maximum atomic E-state index is 12.9. The molecule has 0 saturated carbocycles. The number of alkyl halides is 3. The number of aliphatic hydroxyl groups is 1. The number of carbonyl (C=O) groups is 1. The van der Waals surface area contributed by atoms with Crippen molar-refractivity contribution in [3.05, 3.63) is 70.2 Å². The molecule has 0 heterocycles. The van der Waals surface area contributed by atoms with Gasteiger partial charge in [-0.2, -0.15) is 13.2 Å². The summed E-state index contributed by atoms with van der Waals surface area (Å²) in [5.74, 6) is -1.22. The first-order chi connectivity index (χ1) is 10.2. The number of halogens is 4. The molecule has 1 unspecified atom stereocenters. The Morgan fingerprint density at radius 3 is 2.05 bits per heavy atom. The van der Waals surface area contributed by atoms with E-state index >= 15 is 0 Å². The van der Waals surface area contributed by atoms with Gasteiger partial charge in [0, 0.05) is 5.56 Å². The molecule has 0 aliphatic rings. The summed E-state index contributed by atoms with van der Waals surface area (Å²) in [7, 11) is 0. The van der Waals surface area contributed by atoms with Crippen LogP contribution in [0, 0.1) is 0 Å².